The molecule has 3 nitrogen and oxygen atoms in total. The summed E-state index contributed by atoms with van der Waals surface area (Å²) in [5.41, 5.74) is 9.04. The molecule has 0 spiro atoms. The summed E-state index contributed by atoms with van der Waals surface area (Å²) in [6.07, 6.45) is 0. The van der Waals surface area contributed by atoms with Crippen LogP contribution in [0.1, 0.15) is 0 Å². The first-order valence-corrected chi connectivity index (χ1v) is 3.57. The second-order valence-corrected chi connectivity index (χ2v) is 2.64. The summed E-state index contributed by atoms with van der Waals surface area (Å²) in [4.78, 5) is 8.82. The molecule has 1 radical (unpaired) electrons. The zero-order chi connectivity index (χ0) is 6.97. The molecule has 2 N–H and O–H groups in total. The molecule has 0 saturated carbocycles. The lowest BCUT2D eigenvalue weighted by Gasteiger charge is -1.88. The lowest BCUT2D eigenvalue weighted by Crippen LogP contribution is -1.87. The van der Waals surface area contributed by atoms with Crippen molar-refractivity contribution < 1.29 is 0 Å². The Bertz CT molecular complexity index is 355. The van der Waals surface area contributed by atoms with E-state index in [9.17, 15) is 0 Å². The van der Waals surface area contributed by atoms with Gasteiger partial charge in [0.05, 0.1) is 0 Å². The van der Waals surface area contributed by atoms with Crippen molar-refractivity contribution >= 4 is 27.5 Å². The van der Waals surface area contributed by atoms with E-state index in [1.807, 2.05) is 6.07 Å². The van der Waals surface area contributed by atoms with Crippen LogP contribution in [0.5, 0.6) is 0 Å². The normalized spacial score (nSPS) is 10.4. The van der Waals surface area contributed by atoms with Crippen LogP contribution in [-0.4, -0.2) is 9.97 Å². The monoisotopic (exact) mass is 150 g/mol. The highest BCUT2D eigenvalue weighted by molar-refractivity contribution is 7.15. The summed E-state index contributed by atoms with van der Waals surface area (Å²) < 4.78 is 0. The Labute approximate surface area is 61.5 Å². The molecule has 0 atom stereocenters. The molecular weight excluding hydrogens is 146 g/mol. The van der Waals surface area contributed by atoms with Crippen molar-refractivity contribution in [3.63, 3.8) is 0 Å². The van der Waals surface area contributed by atoms with Gasteiger partial charge < -0.3 is 5.73 Å². The van der Waals surface area contributed by atoms with Gasteiger partial charge in [0.2, 0.25) is 0 Å². The number of pyridine rings is 1. The molecule has 0 bridgehead atoms. The Morgan fingerprint density at radius 1 is 1.50 bits per heavy atom. The van der Waals surface area contributed by atoms with Crippen molar-refractivity contribution in [2.45, 2.75) is 0 Å². The van der Waals surface area contributed by atoms with Gasteiger partial charge in [-0.15, -0.1) is 0 Å². The van der Waals surface area contributed by atoms with Crippen LogP contribution in [0, 0.1) is 5.51 Å². The number of thiazole rings is 1. The average molecular weight is 150 g/mol. The summed E-state index contributed by atoms with van der Waals surface area (Å²) in [5.74, 6) is 0.533. The average Bonchev–Trinajstić information content (AvgIpc) is 2.33. The number of anilines is 1. The predicted octanol–water partition coefficient (Wildman–Crippen LogP) is 1.07. The summed E-state index contributed by atoms with van der Waals surface area (Å²) in [7, 11) is 0. The first-order chi connectivity index (χ1) is 4.86. The smallest absolute Gasteiger partial charge is 0.155 e. The van der Waals surface area contributed by atoms with Crippen LogP contribution in [0.3, 0.4) is 0 Å². The van der Waals surface area contributed by atoms with Gasteiger partial charge in [-0.3, -0.25) is 0 Å². The van der Waals surface area contributed by atoms with E-state index in [0.29, 0.717) is 5.82 Å². The van der Waals surface area contributed by atoms with E-state index in [-0.39, 0.29) is 0 Å². The van der Waals surface area contributed by atoms with E-state index >= 15 is 0 Å². The van der Waals surface area contributed by atoms with Crippen molar-refractivity contribution in [1.82, 2.24) is 9.97 Å². The first-order valence-electron chi connectivity index (χ1n) is 2.75. The molecule has 0 saturated heterocycles. The standard InChI is InChI=1S/C6H4N3S/c7-5-2-1-4-6(9-5)10-3-8-4/h1-2H,(H2,7,9). The zero-order valence-electron chi connectivity index (χ0n) is 5.03. The SMILES string of the molecule is Nc1ccc2n[c]sc2n1. The third-order valence-corrected chi connectivity index (χ3v) is 1.85. The fraction of sp³-hybridized carbons (Fsp3) is 0. The highest BCUT2D eigenvalue weighted by Crippen LogP contribution is 2.14. The molecule has 0 aromatic carbocycles. The largest absolute Gasteiger partial charge is 0.384 e. The van der Waals surface area contributed by atoms with Crippen LogP contribution in [0.2, 0.25) is 0 Å². The van der Waals surface area contributed by atoms with Gasteiger partial charge >= 0.3 is 0 Å². The predicted molar refractivity (Wildman–Crippen MR) is 40.7 cm³/mol. The maximum absolute atomic E-state index is 5.44. The Kier molecular flexibility index (Phi) is 1.07. The molecule has 0 aliphatic heterocycles. The molecule has 0 unspecified atom stereocenters. The molecule has 0 aliphatic carbocycles. The van der Waals surface area contributed by atoms with Crippen molar-refractivity contribution in [2.75, 3.05) is 5.73 Å². The Hall–Kier alpha value is -1.16. The van der Waals surface area contributed by atoms with E-state index in [2.05, 4.69) is 15.5 Å². The fourth-order valence-electron chi connectivity index (χ4n) is 0.723. The maximum atomic E-state index is 5.44. The zero-order valence-corrected chi connectivity index (χ0v) is 5.85. The molecule has 4 heteroatoms. The second-order valence-electron chi connectivity index (χ2n) is 1.87. The van der Waals surface area contributed by atoms with Crippen LogP contribution in [0.4, 0.5) is 5.82 Å². The summed E-state index contributed by atoms with van der Waals surface area (Å²) >= 11 is 1.37. The minimum atomic E-state index is 0.533. The maximum Gasteiger partial charge on any atom is 0.155 e. The number of aromatic nitrogens is 2. The summed E-state index contributed by atoms with van der Waals surface area (Å²) in [5, 5.41) is 0. The van der Waals surface area contributed by atoms with E-state index < -0.39 is 0 Å². The Balaban J connectivity index is 2.86. The lowest BCUT2D eigenvalue weighted by atomic mass is 10.4. The Morgan fingerprint density at radius 2 is 2.40 bits per heavy atom. The molecule has 2 rings (SSSR count). The van der Waals surface area contributed by atoms with Crippen molar-refractivity contribution in [3.8, 4) is 0 Å². The lowest BCUT2D eigenvalue weighted by molar-refractivity contribution is 1.41. The van der Waals surface area contributed by atoms with Gasteiger partial charge in [-0.05, 0) is 12.1 Å². The third kappa shape index (κ3) is 0.733. The number of nitrogens with two attached hydrogens (primary N) is 1. The van der Waals surface area contributed by atoms with Gasteiger partial charge in [0.1, 0.15) is 16.2 Å². The van der Waals surface area contributed by atoms with Crippen molar-refractivity contribution in [1.29, 1.82) is 0 Å². The number of fused-ring (bicyclic) bond motifs is 1. The second kappa shape index (κ2) is 1.91. The van der Waals surface area contributed by atoms with Crippen molar-refractivity contribution in [3.05, 3.63) is 17.6 Å². The summed E-state index contributed by atoms with van der Waals surface area (Å²) in [6.45, 7) is 0. The van der Waals surface area contributed by atoms with Gasteiger partial charge in [-0.25, -0.2) is 9.97 Å². The van der Waals surface area contributed by atoms with Crippen molar-refractivity contribution in [2.24, 2.45) is 0 Å². The quantitative estimate of drug-likeness (QED) is 0.611. The van der Waals surface area contributed by atoms with E-state index in [4.69, 9.17) is 5.73 Å². The van der Waals surface area contributed by atoms with Gasteiger partial charge in [-0.1, -0.05) is 11.3 Å². The third-order valence-electron chi connectivity index (χ3n) is 1.17. The molecule has 2 heterocycles. The molecular formula is C6H4N3S. The number of nitrogen functional groups attached to an aromatic ring is 1. The van der Waals surface area contributed by atoms with E-state index in [1.165, 1.54) is 11.3 Å². The molecule has 0 amide bonds. The van der Waals surface area contributed by atoms with Gasteiger partial charge in [-0.2, -0.15) is 0 Å². The van der Waals surface area contributed by atoms with Gasteiger partial charge in [0.25, 0.3) is 0 Å². The van der Waals surface area contributed by atoms with Gasteiger partial charge in [0, 0.05) is 0 Å². The summed E-state index contributed by atoms with van der Waals surface area (Å²) in [6, 6.07) is 3.57. The molecule has 10 heavy (non-hydrogen) atoms. The highest BCUT2D eigenvalue weighted by Gasteiger charge is 1.96. The van der Waals surface area contributed by atoms with E-state index in [1.54, 1.807) is 6.07 Å². The Morgan fingerprint density at radius 3 is 3.30 bits per heavy atom. The first kappa shape index (κ1) is 5.61. The number of hydrogen-bond donors (Lipinski definition) is 1. The topological polar surface area (TPSA) is 51.8 Å². The highest BCUT2D eigenvalue weighted by atomic mass is 32.1. The molecule has 49 valence electrons. The molecule has 2 aromatic rings. The van der Waals surface area contributed by atoms with Crippen LogP contribution in [-0.2, 0) is 0 Å². The number of rotatable bonds is 0. The minimum absolute atomic E-state index is 0.533. The number of nitrogens with zero attached hydrogens (tertiary/aromatic N) is 2. The van der Waals surface area contributed by atoms with Crippen LogP contribution < -0.4 is 5.73 Å². The van der Waals surface area contributed by atoms with Crippen LogP contribution in [0.15, 0.2) is 12.1 Å². The van der Waals surface area contributed by atoms with E-state index in [0.717, 1.165) is 10.3 Å². The number of hydrogen-bond acceptors (Lipinski definition) is 4. The molecule has 0 aliphatic rings. The molecule has 2 aromatic heterocycles. The van der Waals surface area contributed by atoms with Gasteiger partial charge in [0.15, 0.2) is 5.51 Å². The van der Waals surface area contributed by atoms with Crippen LogP contribution >= 0.6 is 11.3 Å². The molecule has 0 fully saturated rings. The fourth-order valence-corrected chi connectivity index (χ4v) is 1.32. The van der Waals surface area contributed by atoms with Crippen LogP contribution in [0.25, 0.3) is 10.3 Å². The minimum Gasteiger partial charge on any atom is -0.384 e.